The molecule has 0 saturated heterocycles. The van der Waals surface area contributed by atoms with Crippen LogP contribution in [0, 0.1) is 0 Å². The SMILES string of the molecule is O=C(O)c1cnccc1OC1CCCc2ccccc21. The van der Waals surface area contributed by atoms with Crippen molar-refractivity contribution in [2.24, 2.45) is 0 Å². The van der Waals surface area contributed by atoms with Crippen molar-refractivity contribution in [1.29, 1.82) is 0 Å². The minimum atomic E-state index is -1.02. The minimum absolute atomic E-state index is 0.0829. The van der Waals surface area contributed by atoms with Gasteiger partial charge in [0, 0.05) is 12.4 Å². The lowest BCUT2D eigenvalue weighted by molar-refractivity contribution is 0.0687. The zero-order valence-electron chi connectivity index (χ0n) is 11.0. The minimum Gasteiger partial charge on any atom is -0.485 e. The number of aromatic nitrogens is 1. The summed E-state index contributed by atoms with van der Waals surface area (Å²) in [5, 5.41) is 9.17. The molecule has 102 valence electrons. The number of hydrogen-bond acceptors (Lipinski definition) is 3. The van der Waals surface area contributed by atoms with E-state index in [1.54, 1.807) is 12.3 Å². The Labute approximate surface area is 117 Å². The van der Waals surface area contributed by atoms with E-state index in [0.29, 0.717) is 5.75 Å². The van der Waals surface area contributed by atoms with Gasteiger partial charge in [-0.1, -0.05) is 24.3 Å². The summed E-state index contributed by atoms with van der Waals surface area (Å²) in [7, 11) is 0. The number of ether oxygens (including phenoxy) is 1. The summed E-state index contributed by atoms with van der Waals surface area (Å²) in [5.41, 5.74) is 2.55. The normalized spacial score (nSPS) is 17.3. The quantitative estimate of drug-likeness (QED) is 0.929. The van der Waals surface area contributed by atoms with E-state index >= 15 is 0 Å². The van der Waals surface area contributed by atoms with Crippen LogP contribution < -0.4 is 4.74 Å². The predicted molar refractivity (Wildman–Crippen MR) is 73.9 cm³/mol. The molecule has 1 aliphatic rings. The van der Waals surface area contributed by atoms with Crippen LogP contribution in [0.25, 0.3) is 0 Å². The van der Waals surface area contributed by atoms with E-state index in [0.717, 1.165) is 24.8 Å². The van der Waals surface area contributed by atoms with E-state index in [1.807, 2.05) is 12.1 Å². The molecule has 4 heteroatoms. The monoisotopic (exact) mass is 269 g/mol. The maximum atomic E-state index is 11.2. The van der Waals surface area contributed by atoms with Crippen LogP contribution in [0.15, 0.2) is 42.7 Å². The molecule has 0 radical (unpaired) electrons. The molecule has 0 fully saturated rings. The molecule has 1 unspecified atom stereocenters. The number of fused-ring (bicyclic) bond motifs is 1. The van der Waals surface area contributed by atoms with Crippen molar-refractivity contribution in [3.05, 3.63) is 59.4 Å². The molecule has 0 amide bonds. The summed E-state index contributed by atoms with van der Waals surface area (Å²) in [4.78, 5) is 15.0. The number of benzene rings is 1. The van der Waals surface area contributed by atoms with Crippen LogP contribution in [0.2, 0.25) is 0 Å². The largest absolute Gasteiger partial charge is 0.485 e. The van der Waals surface area contributed by atoms with Gasteiger partial charge in [-0.25, -0.2) is 4.79 Å². The third-order valence-electron chi connectivity index (χ3n) is 3.60. The fraction of sp³-hybridized carbons (Fsp3) is 0.250. The van der Waals surface area contributed by atoms with Crippen molar-refractivity contribution in [2.75, 3.05) is 0 Å². The van der Waals surface area contributed by atoms with Crippen LogP contribution in [0.4, 0.5) is 0 Å². The van der Waals surface area contributed by atoms with Crippen molar-refractivity contribution in [1.82, 2.24) is 4.98 Å². The van der Waals surface area contributed by atoms with Crippen LogP contribution in [0.1, 0.15) is 40.4 Å². The molecule has 1 heterocycles. The van der Waals surface area contributed by atoms with Gasteiger partial charge in [0.15, 0.2) is 0 Å². The second-order valence-electron chi connectivity index (χ2n) is 4.87. The molecule has 1 aliphatic carbocycles. The Hall–Kier alpha value is -2.36. The molecule has 1 N–H and O–H groups in total. The lowest BCUT2D eigenvalue weighted by Gasteiger charge is -2.26. The van der Waals surface area contributed by atoms with Crippen molar-refractivity contribution < 1.29 is 14.6 Å². The molecule has 3 rings (SSSR count). The molecule has 2 aromatic rings. The predicted octanol–water partition coefficient (Wildman–Crippen LogP) is 3.24. The van der Waals surface area contributed by atoms with E-state index in [1.165, 1.54) is 11.8 Å². The molecule has 1 atom stereocenters. The van der Waals surface area contributed by atoms with Gasteiger partial charge in [0.2, 0.25) is 0 Å². The van der Waals surface area contributed by atoms with Gasteiger partial charge in [-0.2, -0.15) is 0 Å². The fourth-order valence-electron chi connectivity index (χ4n) is 2.63. The van der Waals surface area contributed by atoms with Crippen LogP contribution in [-0.2, 0) is 6.42 Å². The van der Waals surface area contributed by atoms with Gasteiger partial charge in [0.1, 0.15) is 17.4 Å². The number of carbonyl (C=O) groups is 1. The molecule has 0 spiro atoms. The highest BCUT2D eigenvalue weighted by Crippen LogP contribution is 2.34. The van der Waals surface area contributed by atoms with E-state index in [2.05, 4.69) is 17.1 Å². The lowest BCUT2D eigenvalue weighted by atomic mass is 9.89. The first-order valence-corrected chi connectivity index (χ1v) is 6.67. The summed E-state index contributed by atoms with van der Waals surface area (Å²) in [6.07, 6.45) is 5.80. The molecule has 0 saturated carbocycles. The van der Waals surface area contributed by atoms with Crippen molar-refractivity contribution in [3.8, 4) is 5.75 Å². The average molecular weight is 269 g/mol. The first-order chi connectivity index (χ1) is 9.75. The van der Waals surface area contributed by atoms with E-state index in [9.17, 15) is 9.90 Å². The Morgan fingerprint density at radius 3 is 3.00 bits per heavy atom. The van der Waals surface area contributed by atoms with Crippen LogP contribution in [0.5, 0.6) is 5.75 Å². The van der Waals surface area contributed by atoms with E-state index in [-0.39, 0.29) is 11.7 Å². The Morgan fingerprint density at radius 1 is 1.30 bits per heavy atom. The molecule has 0 bridgehead atoms. The third-order valence-corrected chi connectivity index (χ3v) is 3.60. The summed E-state index contributed by atoms with van der Waals surface area (Å²) >= 11 is 0. The second-order valence-corrected chi connectivity index (χ2v) is 4.87. The van der Waals surface area contributed by atoms with Gasteiger partial charge in [-0.3, -0.25) is 4.98 Å². The Bertz CT molecular complexity index is 639. The van der Waals surface area contributed by atoms with E-state index in [4.69, 9.17) is 4.74 Å². The maximum absolute atomic E-state index is 11.2. The highest BCUT2D eigenvalue weighted by Gasteiger charge is 2.23. The Balaban J connectivity index is 1.92. The fourth-order valence-corrected chi connectivity index (χ4v) is 2.63. The maximum Gasteiger partial charge on any atom is 0.341 e. The Kier molecular flexibility index (Phi) is 3.37. The average Bonchev–Trinajstić information content (AvgIpc) is 2.48. The summed E-state index contributed by atoms with van der Waals surface area (Å²) in [6, 6.07) is 9.79. The summed E-state index contributed by atoms with van der Waals surface area (Å²) < 4.78 is 5.95. The first-order valence-electron chi connectivity index (χ1n) is 6.67. The van der Waals surface area contributed by atoms with Gasteiger partial charge in [0.25, 0.3) is 0 Å². The third kappa shape index (κ3) is 2.37. The summed E-state index contributed by atoms with van der Waals surface area (Å²) in [5.74, 6) is -0.633. The van der Waals surface area contributed by atoms with Crippen molar-refractivity contribution >= 4 is 5.97 Å². The molecule has 4 nitrogen and oxygen atoms in total. The number of aromatic carboxylic acids is 1. The van der Waals surface area contributed by atoms with Gasteiger partial charge in [-0.15, -0.1) is 0 Å². The molecular weight excluding hydrogens is 254 g/mol. The van der Waals surface area contributed by atoms with Gasteiger partial charge < -0.3 is 9.84 Å². The summed E-state index contributed by atoms with van der Waals surface area (Å²) in [6.45, 7) is 0. The number of aryl methyl sites for hydroxylation is 1. The van der Waals surface area contributed by atoms with Gasteiger partial charge >= 0.3 is 5.97 Å². The molecule has 20 heavy (non-hydrogen) atoms. The van der Waals surface area contributed by atoms with Crippen molar-refractivity contribution in [2.45, 2.75) is 25.4 Å². The zero-order chi connectivity index (χ0) is 13.9. The first kappa shape index (κ1) is 12.7. The highest BCUT2D eigenvalue weighted by molar-refractivity contribution is 5.90. The van der Waals surface area contributed by atoms with Crippen molar-refractivity contribution in [3.63, 3.8) is 0 Å². The highest BCUT2D eigenvalue weighted by atomic mass is 16.5. The number of nitrogens with zero attached hydrogens (tertiary/aromatic N) is 1. The van der Waals surface area contributed by atoms with Crippen LogP contribution >= 0.6 is 0 Å². The number of rotatable bonds is 3. The number of pyridine rings is 1. The molecular formula is C16H15NO3. The number of carboxylic acids is 1. The zero-order valence-corrected chi connectivity index (χ0v) is 11.0. The van der Waals surface area contributed by atoms with Gasteiger partial charge in [0.05, 0.1) is 0 Å². The topological polar surface area (TPSA) is 59.4 Å². The smallest absolute Gasteiger partial charge is 0.341 e. The number of hydrogen-bond donors (Lipinski definition) is 1. The second kappa shape index (κ2) is 5.33. The number of carboxylic acid groups (broad SMARTS) is 1. The van der Waals surface area contributed by atoms with Crippen LogP contribution in [-0.4, -0.2) is 16.1 Å². The van der Waals surface area contributed by atoms with E-state index < -0.39 is 5.97 Å². The van der Waals surface area contributed by atoms with Gasteiger partial charge in [-0.05, 0) is 36.5 Å². The molecule has 1 aromatic heterocycles. The molecule has 0 aliphatic heterocycles. The Morgan fingerprint density at radius 2 is 2.15 bits per heavy atom. The standard InChI is InChI=1S/C16H15NO3/c18-16(19)13-10-17-9-8-15(13)20-14-7-3-5-11-4-1-2-6-12(11)14/h1-2,4,6,8-10,14H,3,5,7H2,(H,18,19). The lowest BCUT2D eigenvalue weighted by Crippen LogP contribution is -2.16. The van der Waals surface area contributed by atoms with Crippen LogP contribution in [0.3, 0.4) is 0 Å². The molecule has 1 aromatic carbocycles.